The normalized spacial score (nSPS) is 12.8. The summed E-state index contributed by atoms with van der Waals surface area (Å²) in [6.45, 7) is 0. The van der Waals surface area contributed by atoms with Crippen molar-refractivity contribution in [2.75, 3.05) is 0 Å². The number of imidazole rings is 1. The Labute approximate surface area is 121 Å². The first-order valence-corrected chi connectivity index (χ1v) is 6.69. The summed E-state index contributed by atoms with van der Waals surface area (Å²) in [5, 5.41) is 10.4. The second-order valence-electron chi connectivity index (χ2n) is 4.45. The van der Waals surface area contributed by atoms with Gasteiger partial charge in [-0.25, -0.2) is 9.18 Å². The van der Waals surface area contributed by atoms with Gasteiger partial charge in [0.15, 0.2) is 0 Å². The smallest absolute Gasteiger partial charge is 0.323 e. The lowest BCUT2D eigenvalue weighted by atomic mass is 10.0. The van der Waals surface area contributed by atoms with Gasteiger partial charge in [-0.3, -0.25) is 0 Å². The van der Waals surface area contributed by atoms with Crippen LogP contribution in [0.1, 0.15) is 17.2 Å². The van der Waals surface area contributed by atoms with Crippen LogP contribution in [-0.4, -0.2) is 15.1 Å². The topological polar surface area (TPSA) is 68.9 Å². The number of nitrogens with one attached hydrogen (secondary N) is 2. The minimum absolute atomic E-state index is 0.305. The summed E-state index contributed by atoms with van der Waals surface area (Å²) < 4.78 is 13.6. The predicted molar refractivity (Wildman–Crippen MR) is 77.1 cm³/mol. The van der Waals surface area contributed by atoms with E-state index in [1.165, 1.54) is 24.3 Å². The molecule has 0 amide bonds. The third kappa shape index (κ3) is 2.28. The Kier molecular flexibility index (Phi) is 3.19. The highest BCUT2D eigenvalue weighted by molar-refractivity contribution is 9.10. The SMILES string of the molecule is O=c1[nH]c2cc(Br)c(C(O)c3ccc(F)cc3)cc2[nH]1. The number of aliphatic hydroxyl groups is 1. The Balaban J connectivity index is 2.10. The molecule has 0 saturated heterocycles. The van der Waals surface area contributed by atoms with E-state index in [1.54, 1.807) is 12.1 Å². The van der Waals surface area contributed by atoms with Gasteiger partial charge in [-0.2, -0.15) is 0 Å². The second-order valence-corrected chi connectivity index (χ2v) is 5.31. The highest BCUT2D eigenvalue weighted by Crippen LogP contribution is 2.31. The van der Waals surface area contributed by atoms with Crippen molar-refractivity contribution >= 4 is 27.0 Å². The van der Waals surface area contributed by atoms with Crippen LogP contribution >= 0.6 is 15.9 Å². The number of aliphatic hydroxyl groups excluding tert-OH is 1. The zero-order valence-electron chi connectivity index (χ0n) is 10.2. The summed E-state index contributed by atoms with van der Waals surface area (Å²) in [7, 11) is 0. The van der Waals surface area contributed by atoms with Crippen molar-refractivity contribution < 1.29 is 9.50 Å². The summed E-state index contributed by atoms with van der Waals surface area (Å²) >= 11 is 3.37. The van der Waals surface area contributed by atoms with Crippen LogP contribution in [0.4, 0.5) is 4.39 Å². The summed E-state index contributed by atoms with van der Waals surface area (Å²) in [4.78, 5) is 16.5. The van der Waals surface area contributed by atoms with E-state index in [-0.39, 0.29) is 11.5 Å². The molecular weight excluding hydrogens is 327 g/mol. The highest BCUT2D eigenvalue weighted by atomic mass is 79.9. The monoisotopic (exact) mass is 336 g/mol. The number of H-pyrrole nitrogens is 2. The molecule has 6 heteroatoms. The van der Waals surface area contributed by atoms with Gasteiger partial charge in [-0.1, -0.05) is 28.1 Å². The number of aromatic amines is 2. The molecule has 20 heavy (non-hydrogen) atoms. The zero-order chi connectivity index (χ0) is 14.3. The van der Waals surface area contributed by atoms with Crippen molar-refractivity contribution in [1.29, 1.82) is 0 Å². The number of halogens is 2. The van der Waals surface area contributed by atoms with Crippen LogP contribution in [0.3, 0.4) is 0 Å². The molecule has 0 aliphatic heterocycles. The summed E-state index contributed by atoms with van der Waals surface area (Å²) in [5.41, 5.74) is 2.12. The molecule has 3 aromatic rings. The van der Waals surface area contributed by atoms with Gasteiger partial charge in [0.05, 0.1) is 11.0 Å². The van der Waals surface area contributed by atoms with Gasteiger partial charge in [-0.05, 0) is 29.8 Å². The van der Waals surface area contributed by atoms with E-state index in [4.69, 9.17) is 0 Å². The molecule has 1 aromatic heterocycles. The molecule has 1 heterocycles. The van der Waals surface area contributed by atoms with Crippen LogP contribution < -0.4 is 5.69 Å². The maximum atomic E-state index is 12.9. The molecule has 4 nitrogen and oxygen atoms in total. The Morgan fingerprint density at radius 1 is 1.10 bits per heavy atom. The lowest BCUT2D eigenvalue weighted by Crippen LogP contribution is -2.01. The number of hydrogen-bond acceptors (Lipinski definition) is 2. The third-order valence-electron chi connectivity index (χ3n) is 3.11. The molecular formula is C14H10BrFN2O2. The fourth-order valence-corrected chi connectivity index (χ4v) is 2.67. The molecule has 0 spiro atoms. The van der Waals surface area contributed by atoms with E-state index in [0.717, 1.165) is 0 Å². The van der Waals surface area contributed by atoms with E-state index in [0.29, 0.717) is 26.6 Å². The Morgan fingerprint density at radius 2 is 1.70 bits per heavy atom. The molecule has 0 aliphatic rings. The largest absolute Gasteiger partial charge is 0.384 e. The third-order valence-corrected chi connectivity index (χ3v) is 3.80. The minimum atomic E-state index is -0.909. The average Bonchev–Trinajstić information content (AvgIpc) is 2.77. The predicted octanol–water partition coefficient (Wildman–Crippen LogP) is 2.84. The van der Waals surface area contributed by atoms with E-state index >= 15 is 0 Å². The molecule has 0 fully saturated rings. The number of aromatic nitrogens is 2. The van der Waals surface area contributed by atoms with Crippen molar-refractivity contribution in [1.82, 2.24) is 9.97 Å². The molecule has 0 bridgehead atoms. The molecule has 102 valence electrons. The standard InChI is InChI=1S/C14H10BrFN2O2/c15-10-6-12-11(17-14(20)18-12)5-9(10)13(19)7-1-3-8(16)4-2-7/h1-6,13,19H,(H2,17,18,20). The lowest BCUT2D eigenvalue weighted by Gasteiger charge is -2.13. The molecule has 0 radical (unpaired) electrons. The van der Waals surface area contributed by atoms with Crippen LogP contribution in [0.5, 0.6) is 0 Å². The van der Waals surface area contributed by atoms with E-state index in [2.05, 4.69) is 25.9 Å². The van der Waals surface area contributed by atoms with Gasteiger partial charge >= 0.3 is 5.69 Å². The van der Waals surface area contributed by atoms with Gasteiger partial charge in [0.25, 0.3) is 0 Å². The van der Waals surface area contributed by atoms with Gasteiger partial charge in [0.2, 0.25) is 0 Å². The van der Waals surface area contributed by atoms with Gasteiger partial charge in [0.1, 0.15) is 11.9 Å². The maximum absolute atomic E-state index is 12.9. The Morgan fingerprint density at radius 3 is 2.35 bits per heavy atom. The number of rotatable bonds is 2. The van der Waals surface area contributed by atoms with Gasteiger partial charge in [-0.15, -0.1) is 0 Å². The number of hydrogen-bond donors (Lipinski definition) is 3. The van der Waals surface area contributed by atoms with Crippen molar-refractivity contribution in [3.8, 4) is 0 Å². The first-order valence-electron chi connectivity index (χ1n) is 5.89. The molecule has 3 N–H and O–H groups in total. The second kappa shape index (κ2) is 4.88. The molecule has 3 rings (SSSR count). The molecule has 1 atom stereocenters. The van der Waals surface area contributed by atoms with Crippen molar-refractivity contribution in [2.45, 2.75) is 6.10 Å². The van der Waals surface area contributed by atoms with Crippen LogP contribution in [-0.2, 0) is 0 Å². The first kappa shape index (κ1) is 13.1. The highest BCUT2D eigenvalue weighted by Gasteiger charge is 2.15. The van der Waals surface area contributed by atoms with Crippen LogP contribution in [0.2, 0.25) is 0 Å². The number of benzene rings is 2. The zero-order valence-corrected chi connectivity index (χ0v) is 11.7. The number of fused-ring (bicyclic) bond motifs is 1. The lowest BCUT2D eigenvalue weighted by molar-refractivity contribution is 0.219. The molecule has 2 aromatic carbocycles. The maximum Gasteiger partial charge on any atom is 0.323 e. The molecule has 0 aliphatic carbocycles. The molecule has 0 saturated carbocycles. The van der Waals surface area contributed by atoms with E-state index < -0.39 is 6.10 Å². The molecule has 1 unspecified atom stereocenters. The van der Waals surface area contributed by atoms with Crippen molar-refractivity contribution in [3.05, 3.63) is 68.3 Å². The van der Waals surface area contributed by atoms with Crippen molar-refractivity contribution in [3.63, 3.8) is 0 Å². The van der Waals surface area contributed by atoms with Crippen LogP contribution in [0, 0.1) is 5.82 Å². The van der Waals surface area contributed by atoms with Crippen LogP contribution in [0.25, 0.3) is 11.0 Å². The van der Waals surface area contributed by atoms with E-state index in [9.17, 15) is 14.3 Å². The van der Waals surface area contributed by atoms with Crippen LogP contribution in [0.15, 0.2) is 45.7 Å². The fraction of sp³-hybridized carbons (Fsp3) is 0.0714. The first-order chi connectivity index (χ1) is 9.54. The summed E-state index contributed by atoms with van der Waals surface area (Å²) in [6, 6.07) is 9.04. The Hall–Kier alpha value is -1.92. The van der Waals surface area contributed by atoms with Gasteiger partial charge < -0.3 is 15.1 Å². The average molecular weight is 337 g/mol. The summed E-state index contributed by atoms with van der Waals surface area (Å²) in [6.07, 6.45) is -0.909. The van der Waals surface area contributed by atoms with E-state index in [1.807, 2.05) is 0 Å². The quantitative estimate of drug-likeness (QED) is 0.673. The fourth-order valence-electron chi connectivity index (χ4n) is 2.11. The minimum Gasteiger partial charge on any atom is -0.384 e. The van der Waals surface area contributed by atoms with Crippen molar-refractivity contribution in [2.24, 2.45) is 0 Å². The van der Waals surface area contributed by atoms with Gasteiger partial charge in [0, 0.05) is 10.0 Å². The Bertz CT molecular complexity index is 823. The summed E-state index contributed by atoms with van der Waals surface area (Å²) in [5.74, 6) is -0.356.